The summed E-state index contributed by atoms with van der Waals surface area (Å²) in [6, 6.07) is 17.5. The maximum Gasteiger partial charge on any atom is 0.0525 e. The zero-order valence-electron chi connectivity index (χ0n) is 18.0. The number of aliphatic imine (C=N–C) groups is 1. The van der Waals surface area contributed by atoms with E-state index >= 15 is 0 Å². The molecule has 1 fully saturated rings. The molecule has 1 aliphatic carbocycles. The summed E-state index contributed by atoms with van der Waals surface area (Å²) in [7, 11) is 0. The molecule has 0 N–H and O–H groups in total. The van der Waals surface area contributed by atoms with Gasteiger partial charge in [-0.05, 0) is 53.9 Å². The topological polar surface area (TPSA) is 12.4 Å². The molecule has 0 aromatic heterocycles. The van der Waals surface area contributed by atoms with Crippen LogP contribution in [0.4, 0.5) is 0 Å². The second-order valence-electron chi connectivity index (χ2n) is 7.81. The minimum Gasteiger partial charge on any atom is -0.289 e. The van der Waals surface area contributed by atoms with E-state index in [1.165, 1.54) is 54.4 Å². The summed E-state index contributed by atoms with van der Waals surface area (Å²) in [6.45, 7) is 10.5. The Morgan fingerprint density at radius 3 is 2.21 bits per heavy atom. The van der Waals surface area contributed by atoms with Gasteiger partial charge in [0, 0.05) is 6.21 Å². The fourth-order valence-electron chi connectivity index (χ4n) is 3.91. The summed E-state index contributed by atoms with van der Waals surface area (Å²) in [4.78, 5) is 4.82. The molecule has 2 unspecified atom stereocenters. The molecule has 0 radical (unpaired) electrons. The monoisotopic (exact) mass is 375 g/mol. The fraction of sp³-hybridized carbons (Fsp3) is 0.444. The van der Waals surface area contributed by atoms with E-state index in [0.29, 0.717) is 6.04 Å². The van der Waals surface area contributed by atoms with E-state index in [1.54, 1.807) is 0 Å². The molecule has 150 valence electrons. The maximum absolute atomic E-state index is 4.82. The third-order valence-electron chi connectivity index (χ3n) is 5.70. The number of hydrogen-bond donors (Lipinski definition) is 0. The van der Waals surface area contributed by atoms with Crippen molar-refractivity contribution in [2.75, 3.05) is 0 Å². The van der Waals surface area contributed by atoms with Crippen molar-refractivity contribution < 1.29 is 0 Å². The summed E-state index contributed by atoms with van der Waals surface area (Å²) in [5, 5.41) is 0. The van der Waals surface area contributed by atoms with Crippen LogP contribution in [-0.4, -0.2) is 12.3 Å². The van der Waals surface area contributed by atoms with Crippen molar-refractivity contribution in [3.05, 3.63) is 77.4 Å². The van der Waals surface area contributed by atoms with Gasteiger partial charge >= 0.3 is 0 Å². The van der Waals surface area contributed by atoms with E-state index in [-0.39, 0.29) is 0 Å². The zero-order valence-corrected chi connectivity index (χ0v) is 18.0. The second kappa shape index (κ2) is 12.3. The Hall–Kier alpha value is -2.15. The lowest BCUT2D eigenvalue weighted by molar-refractivity contribution is 0.333. The van der Waals surface area contributed by atoms with Gasteiger partial charge in [-0.1, -0.05) is 101 Å². The van der Waals surface area contributed by atoms with Crippen molar-refractivity contribution >= 4 is 12.3 Å². The highest BCUT2D eigenvalue weighted by Crippen LogP contribution is 2.26. The van der Waals surface area contributed by atoms with Crippen LogP contribution in [0.25, 0.3) is 6.08 Å². The molecule has 0 spiro atoms. The first-order chi connectivity index (χ1) is 13.7. The molecule has 2 aromatic rings. The van der Waals surface area contributed by atoms with Gasteiger partial charge in [0.05, 0.1) is 6.04 Å². The standard InChI is InChI=1S/C16H23N.C11H14/c1-3-14-9-5-6-10-15(14)12-17-16-11-7-4-8-13(16)2;1-3-7-11-9-6-5-8-10(11)4-2/h5-6,9-10,12-13,16H,3-4,7-8,11H2,1-2H3;4-6,8-9H,2-3,7H2,1H3. The van der Waals surface area contributed by atoms with Crippen molar-refractivity contribution in [2.45, 2.75) is 71.8 Å². The second-order valence-corrected chi connectivity index (χ2v) is 7.81. The van der Waals surface area contributed by atoms with E-state index in [1.807, 2.05) is 6.08 Å². The largest absolute Gasteiger partial charge is 0.289 e. The average Bonchev–Trinajstić information content (AvgIpc) is 2.74. The van der Waals surface area contributed by atoms with E-state index in [2.05, 4.69) is 82.1 Å². The summed E-state index contributed by atoms with van der Waals surface area (Å²) >= 11 is 0. The summed E-state index contributed by atoms with van der Waals surface area (Å²) in [5.74, 6) is 0.758. The fourth-order valence-corrected chi connectivity index (χ4v) is 3.91. The highest BCUT2D eigenvalue weighted by molar-refractivity contribution is 5.81. The molecule has 1 saturated carbocycles. The molecule has 0 bridgehead atoms. The first kappa shape index (κ1) is 22.1. The summed E-state index contributed by atoms with van der Waals surface area (Å²) in [6.07, 6.45) is 12.8. The van der Waals surface area contributed by atoms with Crippen LogP contribution >= 0.6 is 0 Å². The molecule has 1 heteroatoms. The Balaban J connectivity index is 0.000000221. The van der Waals surface area contributed by atoms with Crippen LogP contribution in [0, 0.1) is 5.92 Å². The zero-order chi connectivity index (χ0) is 20.2. The van der Waals surface area contributed by atoms with Crippen molar-refractivity contribution in [1.29, 1.82) is 0 Å². The predicted molar refractivity (Wildman–Crippen MR) is 125 cm³/mol. The minimum absolute atomic E-state index is 0.550. The van der Waals surface area contributed by atoms with Gasteiger partial charge in [0.15, 0.2) is 0 Å². The van der Waals surface area contributed by atoms with Crippen LogP contribution < -0.4 is 0 Å². The van der Waals surface area contributed by atoms with Gasteiger partial charge in [0.2, 0.25) is 0 Å². The lowest BCUT2D eigenvalue weighted by Crippen LogP contribution is -2.20. The molecule has 1 aliphatic rings. The Morgan fingerprint density at radius 2 is 1.57 bits per heavy atom. The van der Waals surface area contributed by atoms with Gasteiger partial charge in [-0.25, -0.2) is 0 Å². The third kappa shape index (κ3) is 6.78. The molecule has 3 rings (SSSR count). The maximum atomic E-state index is 4.82. The van der Waals surface area contributed by atoms with Gasteiger partial charge in [-0.15, -0.1) is 0 Å². The molecule has 0 amide bonds. The number of benzene rings is 2. The van der Waals surface area contributed by atoms with Gasteiger partial charge < -0.3 is 0 Å². The lowest BCUT2D eigenvalue weighted by Gasteiger charge is -2.25. The van der Waals surface area contributed by atoms with Crippen molar-refractivity contribution in [1.82, 2.24) is 0 Å². The van der Waals surface area contributed by atoms with Crippen molar-refractivity contribution in [3.63, 3.8) is 0 Å². The minimum atomic E-state index is 0.550. The molecule has 1 nitrogen and oxygen atoms in total. The van der Waals surface area contributed by atoms with Crippen molar-refractivity contribution in [2.24, 2.45) is 10.9 Å². The van der Waals surface area contributed by atoms with Gasteiger partial charge in [0.25, 0.3) is 0 Å². The first-order valence-corrected chi connectivity index (χ1v) is 11.0. The number of nitrogens with zero attached hydrogens (tertiary/aromatic N) is 1. The Labute approximate surface area is 172 Å². The summed E-state index contributed by atoms with van der Waals surface area (Å²) in [5.41, 5.74) is 5.38. The smallest absolute Gasteiger partial charge is 0.0525 e. The van der Waals surface area contributed by atoms with Crippen LogP contribution in [0.15, 0.2) is 60.1 Å². The molecule has 0 heterocycles. The molecule has 0 aliphatic heterocycles. The SMILES string of the molecule is C=Cc1ccccc1CCC.CCc1ccccc1C=NC1CCCCC1C. The molecular formula is C27H37N. The molecule has 0 saturated heterocycles. The van der Waals surface area contributed by atoms with Crippen LogP contribution in [-0.2, 0) is 12.8 Å². The Kier molecular flexibility index (Phi) is 9.76. The predicted octanol–water partition coefficient (Wildman–Crippen LogP) is 7.53. The molecular weight excluding hydrogens is 338 g/mol. The van der Waals surface area contributed by atoms with Crippen LogP contribution in [0.1, 0.15) is 75.1 Å². The average molecular weight is 376 g/mol. The Morgan fingerprint density at radius 1 is 0.929 bits per heavy atom. The number of rotatable bonds is 6. The first-order valence-electron chi connectivity index (χ1n) is 11.0. The highest BCUT2D eigenvalue weighted by atomic mass is 14.8. The van der Waals surface area contributed by atoms with Gasteiger partial charge in [-0.3, -0.25) is 4.99 Å². The molecule has 28 heavy (non-hydrogen) atoms. The van der Waals surface area contributed by atoms with E-state index < -0.39 is 0 Å². The van der Waals surface area contributed by atoms with Crippen molar-refractivity contribution in [3.8, 4) is 0 Å². The highest BCUT2D eigenvalue weighted by Gasteiger charge is 2.19. The summed E-state index contributed by atoms with van der Waals surface area (Å²) < 4.78 is 0. The number of hydrogen-bond acceptors (Lipinski definition) is 1. The van der Waals surface area contributed by atoms with E-state index in [4.69, 9.17) is 4.99 Å². The van der Waals surface area contributed by atoms with Crippen LogP contribution in [0.3, 0.4) is 0 Å². The van der Waals surface area contributed by atoms with E-state index in [9.17, 15) is 0 Å². The van der Waals surface area contributed by atoms with Crippen LogP contribution in [0.5, 0.6) is 0 Å². The Bertz CT molecular complexity index is 743. The van der Waals surface area contributed by atoms with Gasteiger partial charge in [-0.2, -0.15) is 0 Å². The third-order valence-corrected chi connectivity index (χ3v) is 5.70. The van der Waals surface area contributed by atoms with Crippen LogP contribution in [0.2, 0.25) is 0 Å². The molecule has 2 aromatic carbocycles. The quantitative estimate of drug-likeness (QED) is 0.463. The lowest BCUT2D eigenvalue weighted by atomic mass is 9.86. The number of aryl methyl sites for hydroxylation is 2. The van der Waals surface area contributed by atoms with Gasteiger partial charge in [0.1, 0.15) is 0 Å². The molecule has 2 atom stereocenters. The van der Waals surface area contributed by atoms with E-state index in [0.717, 1.165) is 18.8 Å². The normalized spacial score (nSPS) is 19.1.